The second kappa shape index (κ2) is 12.1. The first-order chi connectivity index (χ1) is 18.8. The molecule has 0 unspecified atom stereocenters. The minimum Gasteiger partial charge on any atom is -0.493 e. The first kappa shape index (κ1) is 27.6. The standard InChI is InChI=1S/C28H40F2N6O3/c1-20(37)35-13-6-21(7-14-35)31-26-22-18-24(38-2)25(39-17-5-12-34-10-3-4-11-34)19-23(22)32-27(33-26)36-15-8-28(29,30)9-16-36/h18-19,21H,3-17H2,1-2H3,(H,31,32,33). The number of likely N-dealkylation sites (tertiary alicyclic amines) is 2. The zero-order valence-corrected chi connectivity index (χ0v) is 23.1. The van der Waals surface area contributed by atoms with Crippen LogP contribution >= 0.6 is 0 Å². The van der Waals surface area contributed by atoms with Crippen LogP contribution in [0.2, 0.25) is 0 Å². The Bertz CT molecular complexity index is 1140. The number of ether oxygens (including phenoxy) is 2. The number of hydrogen-bond donors (Lipinski definition) is 1. The lowest BCUT2D eigenvalue weighted by Gasteiger charge is -2.33. The van der Waals surface area contributed by atoms with E-state index in [-0.39, 0.29) is 37.9 Å². The molecule has 214 valence electrons. The number of rotatable bonds is 9. The van der Waals surface area contributed by atoms with Crippen LogP contribution in [0.1, 0.15) is 51.9 Å². The summed E-state index contributed by atoms with van der Waals surface area (Å²) in [4.78, 5) is 27.5. The molecular weight excluding hydrogens is 506 g/mol. The van der Waals surface area contributed by atoms with E-state index in [1.165, 1.54) is 12.8 Å². The molecule has 1 aromatic heterocycles. The van der Waals surface area contributed by atoms with Crippen molar-refractivity contribution >= 4 is 28.6 Å². The van der Waals surface area contributed by atoms with Gasteiger partial charge in [0.05, 0.1) is 19.2 Å². The molecule has 5 rings (SSSR count). The molecular formula is C28H40F2N6O3. The molecule has 2 aromatic rings. The Morgan fingerprint density at radius 1 is 1.05 bits per heavy atom. The highest BCUT2D eigenvalue weighted by Crippen LogP contribution is 2.37. The number of fused-ring (bicyclic) bond motifs is 1. The van der Waals surface area contributed by atoms with Crippen molar-refractivity contribution in [2.24, 2.45) is 0 Å². The number of alkyl halides is 2. The Morgan fingerprint density at radius 2 is 1.77 bits per heavy atom. The molecule has 0 atom stereocenters. The fraction of sp³-hybridized carbons (Fsp3) is 0.679. The predicted octanol–water partition coefficient (Wildman–Crippen LogP) is 4.16. The van der Waals surface area contributed by atoms with Gasteiger partial charge in [-0.25, -0.2) is 13.8 Å². The molecule has 3 aliphatic rings. The van der Waals surface area contributed by atoms with Gasteiger partial charge < -0.3 is 29.5 Å². The van der Waals surface area contributed by atoms with Gasteiger partial charge in [0.2, 0.25) is 11.9 Å². The molecule has 39 heavy (non-hydrogen) atoms. The summed E-state index contributed by atoms with van der Waals surface area (Å²) in [6.45, 7) is 7.26. The Kier molecular flexibility index (Phi) is 8.54. The average Bonchev–Trinajstić information content (AvgIpc) is 3.44. The van der Waals surface area contributed by atoms with Crippen molar-refractivity contribution in [1.82, 2.24) is 19.8 Å². The summed E-state index contributed by atoms with van der Waals surface area (Å²) in [6.07, 6.45) is 4.62. The summed E-state index contributed by atoms with van der Waals surface area (Å²) in [6, 6.07) is 3.90. The first-order valence-corrected chi connectivity index (χ1v) is 14.2. The van der Waals surface area contributed by atoms with Gasteiger partial charge in [-0.3, -0.25) is 4.79 Å². The Hall–Kier alpha value is -2.95. The van der Waals surface area contributed by atoms with Crippen LogP contribution in [-0.4, -0.2) is 97.2 Å². The van der Waals surface area contributed by atoms with Gasteiger partial charge in [-0.05, 0) is 51.3 Å². The van der Waals surface area contributed by atoms with Gasteiger partial charge in [0.15, 0.2) is 11.5 Å². The SMILES string of the molecule is COc1cc2c(NC3CCN(C(C)=O)CC3)nc(N3CCC(F)(F)CC3)nc2cc1OCCCN1CCCC1. The number of piperidine rings is 2. The van der Waals surface area contributed by atoms with Crippen molar-refractivity contribution in [3.05, 3.63) is 12.1 Å². The van der Waals surface area contributed by atoms with Crippen LogP contribution in [0.3, 0.4) is 0 Å². The average molecular weight is 547 g/mol. The van der Waals surface area contributed by atoms with Crippen molar-refractivity contribution in [2.75, 3.05) is 69.7 Å². The maximum Gasteiger partial charge on any atom is 0.251 e. The largest absolute Gasteiger partial charge is 0.493 e. The molecule has 0 saturated carbocycles. The third-order valence-electron chi connectivity index (χ3n) is 8.10. The maximum atomic E-state index is 13.9. The number of hydrogen-bond acceptors (Lipinski definition) is 8. The molecule has 3 fully saturated rings. The molecule has 0 bridgehead atoms. The van der Waals surface area contributed by atoms with Crippen molar-refractivity contribution < 1.29 is 23.0 Å². The van der Waals surface area contributed by atoms with E-state index in [9.17, 15) is 13.6 Å². The summed E-state index contributed by atoms with van der Waals surface area (Å²) in [7, 11) is 1.62. The minimum absolute atomic E-state index is 0.0859. The number of aromatic nitrogens is 2. The molecule has 1 amide bonds. The van der Waals surface area contributed by atoms with Crippen molar-refractivity contribution in [3.8, 4) is 11.5 Å². The second-order valence-corrected chi connectivity index (χ2v) is 10.9. The summed E-state index contributed by atoms with van der Waals surface area (Å²) in [5.74, 6) is -0.265. The number of nitrogens with zero attached hydrogens (tertiary/aromatic N) is 5. The first-order valence-electron chi connectivity index (χ1n) is 14.2. The highest BCUT2D eigenvalue weighted by atomic mass is 19.3. The predicted molar refractivity (Wildman–Crippen MR) is 147 cm³/mol. The number of benzene rings is 1. The number of amides is 1. The molecule has 0 spiro atoms. The zero-order chi connectivity index (χ0) is 27.4. The Labute approximate surface area is 228 Å². The van der Waals surface area contributed by atoms with E-state index in [4.69, 9.17) is 19.4 Å². The van der Waals surface area contributed by atoms with Crippen LogP contribution in [0.15, 0.2) is 12.1 Å². The van der Waals surface area contributed by atoms with E-state index < -0.39 is 5.92 Å². The quantitative estimate of drug-likeness (QED) is 0.470. The smallest absolute Gasteiger partial charge is 0.251 e. The van der Waals surface area contributed by atoms with E-state index in [1.54, 1.807) is 14.0 Å². The molecule has 9 nitrogen and oxygen atoms in total. The van der Waals surface area contributed by atoms with Gasteiger partial charge in [0.25, 0.3) is 5.92 Å². The maximum absolute atomic E-state index is 13.9. The normalized spacial score (nSPS) is 20.4. The summed E-state index contributed by atoms with van der Waals surface area (Å²) in [5, 5.41) is 4.36. The van der Waals surface area contributed by atoms with Gasteiger partial charge in [-0.15, -0.1) is 0 Å². The van der Waals surface area contributed by atoms with Gasteiger partial charge in [0.1, 0.15) is 5.82 Å². The van der Waals surface area contributed by atoms with Crippen LogP contribution in [0.4, 0.5) is 20.5 Å². The fourth-order valence-electron chi connectivity index (χ4n) is 5.69. The van der Waals surface area contributed by atoms with E-state index in [0.29, 0.717) is 48.5 Å². The van der Waals surface area contributed by atoms with Crippen LogP contribution in [0, 0.1) is 0 Å². The highest BCUT2D eigenvalue weighted by Gasteiger charge is 2.35. The molecule has 3 saturated heterocycles. The van der Waals surface area contributed by atoms with Crippen LogP contribution < -0.4 is 19.7 Å². The molecule has 1 aromatic carbocycles. The van der Waals surface area contributed by atoms with Gasteiger partial charge in [0, 0.05) is 70.0 Å². The van der Waals surface area contributed by atoms with E-state index in [0.717, 1.165) is 44.3 Å². The summed E-state index contributed by atoms with van der Waals surface area (Å²) >= 11 is 0. The minimum atomic E-state index is -2.65. The lowest BCUT2D eigenvalue weighted by Crippen LogP contribution is -2.42. The topological polar surface area (TPSA) is 83.1 Å². The number of carbonyl (C=O) groups is 1. The third-order valence-corrected chi connectivity index (χ3v) is 8.10. The number of nitrogens with one attached hydrogen (secondary N) is 1. The molecule has 11 heteroatoms. The summed E-state index contributed by atoms with van der Waals surface area (Å²) < 4.78 is 39.6. The van der Waals surface area contributed by atoms with Gasteiger partial charge in [-0.1, -0.05) is 0 Å². The Balaban J connectivity index is 1.39. The zero-order valence-electron chi connectivity index (χ0n) is 23.1. The van der Waals surface area contributed by atoms with Crippen molar-refractivity contribution in [1.29, 1.82) is 0 Å². The number of halogens is 2. The van der Waals surface area contributed by atoms with Crippen LogP contribution in [-0.2, 0) is 4.79 Å². The second-order valence-electron chi connectivity index (χ2n) is 10.9. The van der Waals surface area contributed by atoms with Crippen molar-refractivity contribution in [2.45, 2.75) is 63.8 Å². The monoisotopic (exact) mass is 546 g/mol. The summed E-state index contributed by atoms with van der Waals surface area (Å²) in [5.41, 5.74) is 0.677. The number of methoxy groups -OCH3 is 1. The number of carbonyl (C=O) groups excluding carboxylic acids is 1. The van der Waals surface area contributed by atoms with Crippen LogP contribution in [0.25, 0.3) is 10.9 Å². The lowest BCUT2D eigenvalue weighted by atomic mass is 10.0. The van der Waals surface area contributed by atoms with E-state index in [2.05, 4.69) is 10.2 Å². The van der Waals surface area contributed by atoms with E-state index in [1.807, 2.05) is 21.9 Å². The molecule has 4 heterocycles. The third kappa shape index (κ3) is 6.80. The lowest BCUT2D eigenvalue weighted by molar-refractivity contribution is -0.129. The molecule has 0 radical (unpaired) electrons. The molecule has 0 aliphatic carbocycles. The molecule has 1 N–H and O–H groups in total. The number of anilines is 2. The van der Waals surface area contributed by atoms with Gasteiger partial charge >= 0.3 is 0 Å². The van der Waals surface area contributed by atoms with Crippen molar-refractivity contribution in [3.63, 3.8) is 0 Å². The molecule has 3 aliphatic heterocycles. The van der Waals surface area contributed by atoms with Gasteiger partial charge in [-0.2, -0.15) is 4.98 Å². The van der Waals surface area contributed by atoms with Crippen LogP contribution in [0.5, 0.6) is 11.5 Å². The fourth-order valence-corrected chi connectivity index (χ4v) is 5.69. The van der Waals surface area contributed by atoms with E-state index >= 15 is 0 Å². The highest BCUT2D eigenvalue weighted by molar-refractivity contribution is 5.93. The Morgan fingerprint density at radius 3 is 2.44 bits per heavy atom.